The van der Waals surface area contributed by atoms with Gasteiger partial charge in [0.2, 0.25) is 0 Å². The Balaban J connectivity index is 2.23. The monoisotopic (exact) mass is 426 g/mol. The normalized spacial score (nSPS) is 10.3. The Morgan fingerprint density at radius 3 is 2.58 bits per heavy atom. The van der Waals surface area contributed by atoms with Crippen LogP contribution in [-0.4, -0.2) is 10.9 Å². The third kappa shape index (κ3) is 3.72. The Morgan fingerprint density at radius 2 is 1.95 bits per heavy atom. The number of nitrogens with one attached hydrogen (secondary N) is 1. The second-order valence-corrected chi connectivity index (χ2v) is 5.94. The van der Waals surface area contributed by atoms with Crippen LogP contribution < -0.4 is 5.32 Å². The van der Waals surface area contributed by atoms with E-state index in [1.165, 1.54) is 12.3 Å². The van der Waals surface area contributed by atoms with Gasteiger partial charge in [0.05, 0.1) is 16.3 Å². The highest BCUT2D eigenvalue weighted by Crippen LogP contribution is 2.24. The van der Waals surface area contributed by atoms with Crippen LogP contribution in [0.1, 0.15) is 10.4 Å². The quantitative estimate of drug-likeness (QED) is 0.547. The molecule has 0 bridgehead atoms. The summed E-state index contributed by atoms with van der Waals surface area (Å²) in [5.74, 6) is -0.314. The van der Waals surface area contributed by atoms with E-state index in [1.807, 2.05) is 0 Å². The van der Waals surface area contributed by atoms with E-state index >= 15 is 0 Å². The number of halogens is 4. The van der Waals surface area contributed by atoms with E-state index in [4.69, 9.17) is 34.8 Å². The molecule has 1 aromatic carbocycles. The van der Waals surface area contributed by atoms with Crippen LogP contribution in [0.3, 0.4) is 0 Å². The van der Waals surface area contributed by atoms with Gasteiger partial charge in [0.1, 0.15) is 5.15 Å². The number of rotatable bonds is 2. The summed E-state index contributed by atoms with van der Waals surface area (Å²) in [6.45, 7) is 0. The summed E-state index contributed by atoms with van der Waals surface area (Å²) in [7, 11) is 0. The number of nitrogens with zero attached hydrogens (tertiary/aromatic N) is 1. The highest BCUT2D eigenvalue weighted by atomic mass is 127. The molecular formula is C12H6Cl3IN2O. The van der Waals surface area contributed by atoms with Crippen molar-refractivity contribution in [3.8, 4) is 0 Å². The molecule has 2 rings (SSSR count). The van der Waals surface area contributed by atoms with Crippen LogP contribution in [0.5, 0.6) is 0 Å². The van der Waals surface area contributed by atoms with Gasteiger partial charge in [0.15, 0.2) is 0 Å². The number of carbonyl (C=O) groups is 1. The van der Waals surface area contributed by atoms with Crippen molar-refractivity contribution in [1.29, 1.82) is 0 Å². The second-order valence-electron chi connectivity index (χ2n) is 3.57. The summed E-state index contributed by atoms with van der Waals surface area (Å²) in [5, 5.41) is 3.77. The second kappa shape index (κ2) is 6.26. The summed E-state index contributed by atoms with van der Waals surface area (Å²) < 4.78 is 0.839. The van der Waals surface area contributed by atoms with Crippen LogP contribution in [0.2, 0.25) is 15.2 Å². The molecule has 0 aliphatic carbocycles. The Morgan fingerprint density at radius 1 is 1.21 bits per heavy atom. The molecule has 0 atom stereocenters. The maximum Gasteiger partial charge on any atom is 0.257 e. The van der Waals surface area contributed by atoms with E-state index in [1.54, 1.807) is 18.2 Å². The average Bonchev–Trinajstić information content (AvgIpc) is 2.36. The largest absolute Gasteiger partial charge is 0.321 e. The minimum Gasteiger partial charge on any atom is -0.321 e. The minimum absolute atomic E-state index is 0.166. The Labute approximate surface area is 138 Å². The van der Waals surface area contributed by atoms with E-state index in [9.17, 15) is 4.79 Å². The number of anilines is 1. The third-order valence-corrected chi connectivity index (χ3v) is 4.05. The summed E-state index contributed by atoms with van der Waals surface area (Å²) in [6.07, 6.45) is 1.37. The maximum atomic E-state index is 12.0. The third-order valence-electron chi connectivity index (χ3n) is 2.24. The van der Waals surface area contributed by atoms with Crippen LogP contribution >= 0.6 is 57.4 Å². The fraction of sp³-hybridized carbons (Fsp3) is 0. The molecule has 0 saturated heterocycles. The van der Waals surface area contributed by atoms with Gasteiger partial charge in [0.25, 0.3) is 5.91 Å². The molecule has 0 unspecified atom stereocenters. The fourth-order valence-electron chi connectivity index (χ4n) is 1.33. The zero-order valence-corrected chi connectivity index (χ0v) is 13.7. The van der Waals surface area contributed by atoms with Crippen LogP contribution in [-0.2, 0) is 0 Å². The first kappa shape index (κ1) is 14.8. The molecule has 0 aliphatic heterocycles. The smallest absolute Gasteiger partial charge is 0.257 e. The van der Waals surface area contributed by atoms with Crippen molar-refractivity contribution in [2.75, 3.05) is 5.32 Å². The molecule has 0 saturated carbocycles. The standard InChI is InChI=1S/C12H6Cl3IN2O/c13-7-1-2-10(9(16)4-7)18-12(19)6-3-8(14)11(15)17-5-6/h1-5H,(H,18,19). The summed E-state index contributed by atoms with van der Waals surface area (Å²) >= 11 is 19.5. The van der Waals surface area contributed by atoms with Crippen LogP contribution in [0.15, 0.2) is 30.5 Å². The lowest BCUT2D eigenvalue weighted by molar-refractivity contribution is 0.102. The molecule has 2 aromatic rings. The Hall–Kier alpha value is -0.560. The molecule has 0 radical (unpaired) electrons. The van der Waals surface area contributed by atoms with Crippen molar-refractivity contribution in [3.63, 3.8) is 0 Å². The molecule has 19 heavy (non-hydrogen) atoms. The van der Waals surface area contributed by atoms with Gasteiger partial charge >= 0.3 is 0 Å². The van der Waals surface area contributed by atoms with Crippen molar-refractivity contribution < 1.29 is 4.79 Å². The zero-order chi connectivity index (χ0) is 14.0. The van der Waals surface area contributed by atoms with Gasteiger partial charge < -0.3 is 5.32 Å². The number of aromatic nitrogens is 1. The van der Waals surface area contributed by atoms with Crippen molar-refractivity contribution >= 4 is 69.0 Å². The Bertz CT molecular complexity index is 649. The van der Waals surface area contributed by atoms with Crippen LogP contribution in [0, 0.1) is 3.57 Å². The molecule has 1 heterocycles. The molecule has 0 spiro atoms. The van der Waals surface area contributed by atoms with Gasteiger partial charge in [-0.2, -0.15) is 0 Å². The number of hydrogen-bond donors (Lipinski definition) is 1. The molecule has 1 N–H and O–H groups in total. The number of hydrogen-bond acceptors (Lipinski definition) is 2. The van der Waals surface area contributed by atoms with Gasteiger partial charge in [0, 0.05) is 14.8 Å². The first-order valence-corrected chi connectivity index (χ1v) is 7.26. The van der Waals surface area contributed by atoms with Gasteiger partial charge in [-0.05, 0) is 46.9 Å². The van der Waals surface area contributed by atoms with Gasteiger partial charge in [-0.25, -0.2) is 4.98 Å². The summed E-state index contributed by atoms with van der Waals surface area (Å²) in [4.78, 5) is 15.9. The topological polar surface area (TPSA) is 42.0 Å². The zero-order valence-electron chi connectivity index (χ0n) is 9.25. The van der Waals surface area contributed by atoms with Crippen LogP contribution in [0.25, 0.3) is 0 Å². The maximum absolute atomic E-state index is 12.0. The number of benzene rings is 1. The SMILES string of the molecule is O=C(Nc1ccc(Cl)cc1I)c1cnc(Cl)c(Cl)c1. The van der Waals surface area contributed by atoms with Crippen molar-refractivity contribution in [2.45, 2.75) is 0 Å². The van der Waals surface area contributed by atoms with Gasteiger partial charge in [-0.3, -0.25) is 4.79 Å². The highest BCUT2D eigenvalue weighted by Gasteiger charge is 2.11. The van der Waals surface area contributed by atoms with E-state index in [2.05, 4.69) is 32.9 Å². The molecule has 0 aliphatic rings. The molecule has 98 valence electrons. The highest BCUT2D eigenvalue weighted by molar-refractivity contribution is 14.1. The van der Waals surface area contributed by atoms with E-state index in [0.29, 0.717) is 16.3 Å². The van der Waals surface area contributed by atoms with Crippen molar-refractivity contribution in [1.82, 2.24) is 4.98 Å². The minimum atomic E-state index is -0.314. The Kier molecular flexibility index (Phi) is 4.89. The summed E-state index contributed by atoms with van der Waals surface area (Å²) in [6, 6.07) is 6.65. The fourth-order valence-corrected chi connectivity index (χ4v) is 2.61. The predicted molar refractivity (Wildman–Crippen MR) is 86.4 cm³/mol. The molecule has 3 nitrogen and oxygen atoms in total. The first-order chi connectivity index (χ1) is 8.97. The van der Waals surface area contributed by atoms with E-state index < -0.39 is 0 Å². The van der Waals surface area contributed by atoms with E-state index in [-0.39, 0.29) is 16.1 Å². The number of amides is 1. The number of carbonyl (C=O) groups excluding carboxylic acids is 1. The lowest BCUT2D eigenvalue weighted by atomic mass is 10.2. The van der Waals surface area contributed by atoms with E-state index in [0.717, 1.165) is 3.57 Å². The molecule has 7 heteroatoms. The van der Waals surface area contributed by atoms with Crippen LogP contribution in [0.4, 0.5) is 5.69 Å². The van der Waals surface area contributed by atoms with Crippen molar-refractivity contribution in [2.24, 2.45) is 0 Å². The lowest BCUT2D eigenvalue weighted by Gasteiger charge is -2.08. The predicted octanol–water partition coefficient (Wildman–Crippen LogP) is 4.90. The first-order valence-electron chi connectivity index (χ1n) is 5.05. The number of pyridine rings is 1. The van der Waals surface area contributed by atoms with Crippen molar-refractivity contribution in [3.05, 3.63) is 54.8 Å². The van der Waals surface area contributed by atoms with Gasteiger partial charge in [-0.1, -0.05) is 34.8 Å². The molecule has 1 amide bonds. The molecule has 0 fully saturated rings. The summed E-state index contributed by atoms with van der Waals surface area (Å²) in [5.41, 5.74) is 1.00. The van der Waals surface area contributed by atoms with Gasteiger partial charge in [-0.15, -0.1) is 0 Å². The lowest BCUT2D eigenvalue weighted by Crippen LogP contribution is -2.13. The molecule has 1 aromatic heterocycles. The molecular weight excluding hydrogens is 421 g/mol. The average molecular weight is 427 g/mol.